The van der Waals surface area contributed by atoms with Gasteiger partial charge in [-0.25, -0.2) is 4.79 Å². The lowest BCUT2D eigenvalue weighted by Gasteiger charge is -2.27. The summed E-state index contributed by atoms with van der Waals surface area (Å²) >= 11 is 0. The van der Waals surface area contributed by atoms with Crippen LogP contribution in [0.1, 0.15) is 16.1 Å². The molecule has 1 saturated heterocycles. The van der Waals surface area contributed by atoms with E-state index in [0.29, 0.717) is 11.3 Å². The topological polar surface area (TPSA) is 64.8 Å². The summed E-state index contributed by atoms with van der Waals surface area (Å²) in [6.45, 7) is 4.16. The highest BCUT2D eigenvalue weighted by atomic mass is 16.5. The third-order valence-corrected chi connectivity index (χ3v) is 4.25. The van der Waals surface area contributed by atoms with E-state index in [1.54, 1.807) is 24.4 Å². The molecule has 1 fully saturated rings. The number of ether oxygens (including phenoxy) is 2. The van der Waals surface area contributed by atoms with Crippen molar-refractivity contribution in [3.8, 4) is 5.75 Å². The molecular formula is C19H18N2O4. The number of rotatable bonds is 4. The third-order valence-electron chi connectivity index (χ3n) is 4.25. The molecule has 0 N–H and O–H groups in total. The number of morpholine rings is 1. The van der Waals surface area contributed by atoms with Crippen LogP contribution in [0.5, 0.6) is 5.75 Å². The van der Waals surface area contributed by atoms with Gasteiger partial charge in [0.15, 0.2) is 5.75 Å². The van der Waals surface area contributed by atoms with Gasteiger partial charge in [0.25, 0.3) is 0 Å². The molecule has 128 valence electrons. The van der Waals surface area contributed by atoms with Crippen molar-refractivity contribution >= 4 is 16.9 Å². The zero-order valence-corrected chi connectivity index (χ0v) is 13.7. The predicted molar refractivity (Wildman–Crippen MR) is 91.5 cm³/mol. The number of aromatic nitrogens is 1. The highest BCUT2D eigenvalue weighted by molar-refractivity contribution is 5.93. The van der Waals surface area contributed by atoms with Gasteiger partial charge in [0.2, 0.25) is 5.76 Å². The summed E-state index contributed by atoms with van der Waals surface area (Å²) in [6, 6.07) is 10.9. The smallest absolute Gasteiger partial charge is 0.379 e. The first-order chi connectivity index (χ1) is 12.3. The van der Waals surface area contributed by atoms with Crippen LogP contribution in [0.2, 0.25) is 0 Å². The van der Waals surface area contributed by atoms with Crippen LogP contribution < -0.4 is 4.74 Å². The van der Waals surface area contributed by atoms with Crippen molar-refractivity contribution in [1.82, 2.24) is 9.88 Å². The van der Waals surface area contributed by atoms with E-state index in [-0.39, 0.29) is 5.76 Å². The molecule has 4 rings (SSSR count). The Morgan fingerprint density at radius 2 is 2.04 bits per heavy atom. The number of hydrogen-bond donors (Lipinski definition) is 0. The predicted octanol–water partition coefficient (Wildman–Crippen LogP) is 2.88. The van der Waals surface area contributed by atoms with Crippen molar-refractivity contribution in [3.63, 3.8) is 0 Å². The molecular weight excluding hydrogens is 320 g/mol. The minimum atomic E-state index is -0.530. The minimum Gasteiger partial charge on any atom is -0.457 e. The average Bonchev–Trinajstić information content (AvgIpc) is 3.19. The van der Waals surface area contributed by atoms with Gasteiger partial charge in [-0.3, -0.25) is 9.88 Å². The van der Waals surface area contributed by atoms with E-state index < -0.39 is 5.97 Å². The number of furan rings is 1. The molecule has 0 bridgehead atoms. The average molecular weight is 338 g/mol. The molecule has 0 aliphatic carbocycles. The molecule has 1 aliphatic rings. The molecule has 6 heteroatoms. The Bertz CT molecular complexity index is 870. The number of pyridine rings is 1. The molecule has 0 spiro atoms. The second-order valence-corrected chi connectivity index (χ2v) is 5.88. The van der Waals surface area contributed by atoms with Crippen LogP contribution >= 0.6 is 0 Å². The van der Waals surface area contributed by atoms with E-state index >= 15 is 0 Å². The Hall–Kier alpha value is -2.70. The number of carbonyl (C=O) groups is 1. The summed E-state index contributed by atoms with van der Waals surface area (Å²) < 4.78 is 16.0. The van der Waals surface area contributed by atoms with E-state index in [2.05, 4.69) is 9.88 Å². The summed E-state index contributed by atoms with van der Waals surface area (Å²) in [5.41, 5.74) is 1.83. The zero-order chi connectivity index (χ0) is 17.1. The number of carbonyl (C=O) groups excluding carboxylic acids is 1. The normalized spacial score (nSPS) is 15.4. The van der Waals surface area contributed by atoms with Gasteiger partial charge in [-0.15, -0.1) is 0 Å². The molecule has 0 saturated carbocycles. The molecule has 0 radical (unpaired) electrons. The number of benzene rings is 1. The molecule has 25 heavy (non-hydrogen) atoms. The molecule has 2 aromatic heterocycles. The van der Waals surface area contributed by atoms with Crippen LogP contribution in [-0.4, -0.2) is 42.2 Å². The lowest BCUT2D eigenvalue weighted by molar-refractivity contribution is 0.0343. The van der Waals surface area contributed by atoms with Crippen molar-refractivity contribution in [2.24, 2.45) is 0 Å². The van der Waals surface area contributed by atoms with E-state index in [1.807, 2.05) is 18.2 Å². The molecule has 3 heterocycles. The fourth-order valence-corrected chi connectivity index (χ4v) is 2.97. The van der Waals surface area contributed by atoms with Crippen LogP contribution in [0.15, 0.2) is 53.3 Å². The molecule has 0 atom stereocenters. The van der Waals surface area contributed by atoms with Gasteiger partial charge in [-0.05, 0) is 29.8 Å². The monoisotopic (exact) mass is 338 g/mol. The van der Waals surface area contributed by atoms with Gasteiger partial charge < -0.3 is 13.9 Å². The number of esters is 1. The maximum atomic E-state index is 12.2. The van der Waals surface area contributed by atoms with Crippen molar-refractivity contribution in [1.29, 1.82) is 0 Å². The Morgan fingerprint density at radius 3 is 2.84 bits per heavy atom. The van der Waals surface area contributed by atoms with E-state index in [1.165, 1.54) is 6.26 Å². The second kappa shape index (κ2) is 7.04. The number of hydrogen-bond acceptors (Lipinski definition) is 6. The first-order valence-corrected chi connectivity index (χ1v) is 8.23. The first kappa shape index (κ1) is 15.8. The molecule has 0 unspecified atom stereocenters. The lowest BCUT2D eigenvalue weighted by atomic mass is 10.1. The quantitative estimate of drug-likeness (QED) is 0.538. The standard InChI is InChI=1S/C19H18N2O4/c22-19(17-4-2-10-24-17)25-16-6-5-14(13-21-8-11-23-12-9-21)15-3-1-7-20-18(15)16/h1-7,10H,8-9,11-13H2. The Kier molecular flexibility index (Phi) is 4.45. The van der Waals surface area contributed by atoms with Crippen LogP contribution in [-0.2, 0) is 11.3 Å². The second-order valence-electron chi connectivity index (χ2n) is 5.88. The van der Waals surface area contributed by atoms with Crippen molar-refractivity contribution in [3.05, 3.63) is 60.2 Å². The summed E-state index contributed by atoms with van der Waals surface area (Å²) in [6.07, 6.45) is 3.14. The van der Waals surface area contributed by atoms with Gasteiger partial charge in [-0.2, -0.15) is 0 Å². The van der Waals surface area contributed by atoms with Gasteiger partial charge in [0.05, 0.1) is 19.5 Å². The van der Waals surface area contributed by atoms with Crippen molar-refractivity contribution in [2.45, 2.75) is 6.54 Å². The number of nitrogens with zero attached hydrogens (tertiary/aromatic N) is 2. The third kappa shape index (κ3) is 3.40. The van der Waals surface area contributed by atoms with Crippen LogP contribution in [0.4, 0.5) is 0 Å². The molecule has 0 amide bonds. The van der Waals surface area contributed by atoms with Crippen LogP contribution in [0.25, 0.3) is 10.9 Å². The van der Waals surface area contributed by atoms with Gasteiger partial charge >= 0.3 is 5.97 Å². The minimum absolute atomic E-state index is 0.168. The molecule has 3 aromatic rings. The lowest BCUT2D eigenvalue weighted by Crippen LogP contribution is -2.35. The fraction of sp³-hybridized carbons (Fsp3) is 0.263. The number of fused-ring (bicyclic) bond motifs is 1. The highest BCUT2D eigenvalue weighted by Gasteiger charge is 2.17. The maximum Gasteiger partial charge on any atom is 0.379 e. The zero-order valence-electron chi connectivity index (χ0n) is 13.7. The fourth-order valence-electron chi connectivity index (χ4n) is 2.97. The SMILES string of the molecule is O=C(Oc1ccc(CN2CCOCC2)c2cccnc12)c1ccco1. The first-order valence-electron chi connectivity index (χ1n) is 8.23. The van der Waals surface area contributed by atoms with Crippen LogP contribution in [0, 0.1) is 0 Å². The van der Waals surface area contributed by atoms with E-state index in [4.69, 9.17) is 13.9 Å². The van der Waals surface area contributed by atoms with E-state index in [0.717, 1.165) is 43.8 Å². The maximum absolute atomic E-state index is 12.2. The summed E-state index contributed by atoms with van der Waals surface area (Å²) in [7, 11) is 0. The van der Waals surface area contributed by atoms with Crippen molar-refractivity contribution in [2.75, 3.05) is 26.3 Å². The molecule has 6 nitrogen and oxygen atoms in total. The Labute approximate surface area is 145 Å². The van der Waals surface area contributed by atoms with Gasteiger partial charge in [0, 0.05) is 31.2 Å². The van der Waals surface area contributed by atoms with Crippen LogP contribution in [0.3, 0.4) is 0 Å². The molecule has 1 aliphatic heterocycles. The Balaban J connectivity index is 1.63. The highest BCUT2D eigenvalue weighted by Crippen LogP contribution is 2.28. The van der Waals surface area contributed by atoms with Crippen molar-refractivity contribution < 1.29 is 18.7 Å². The summed E-state index contributed by atoms with van der Waals surface area (Å²) in [4.78, 5) is 18.9. The Morgan fingerprint density at radius 1 is 1.16 bits per heavy atom. The van der Waals surface area contributed by atoms with Gasteiger partial charge in [0.1, 0.15) is 5.52 Å². The van der Waals surface area contributed by atoms with E-state index in [9.17, 15) is 4.79 Å². The van der Waals surface area contributed by atoms with Gasteiger partial charge in [-0.1, -0.05) is 12.1 Å². The largest absolute Gasteiger partial charge is 0.457 e. The summed E-state index contributed by atoms with van der Waals surface area (Å²) in [5.74, 6) is 0.0714. The summed E-state index contributed by atoms with van der Waals surface area (Å²) in [5, 5.41) is 0.985. The molecule has 1 aromatic carbocycles.